The molecule has 1 heterocycles. The molecule has 0 aliphatic carbocycles. The van der Waals surface area contributed by atoms with E-state index in [4.69, 9.17) is 5.73 Å². The molecule has 56 valence electrons. The molecular formula is C7H13N3. The SMILES string of the molecule is CCC[C@@H](N)c1ncc[nH]1. The Morgan fingerprint density at radius 3 is 3.10 bits per heavy atom. The molecule has 3 nitrogen and oxygen atoms in total. The highest BCUT2D eigenvalue weighted by molar-refractivity contribution is 4.93. The second-order valence-electron chi connectivity index (χ2n) is 2.37. The van der Waals surface area contributed by atoms with Gasteiger partial charge in [0.1, 0.15) is 5.82 Å². The molecule has 0 amide bonds. The van der Waals surface area contributed by atoms with Gasteiger partial charge in [-0.05, 0) is 6.42 Å². The van der Waals surface area contributed by atoms with Gasteiger partial charge >= 0.3 is 0 Å². The molecule has 10 heavy (non-hydrogen) atoms. The summed E-state index contributed by atoms with van der Waals surface area (Å²) < 4.78 is 0. The van der Waals surface area contributed by atoms with E-state index < -0.39 is 0 Å². The van der Waals surface area contributed by atoms with Gasteiger partial charge in [-0.1, -0.05) is 13.3 Å². The fourth-order valence-electron chi connectivity index (χ4n) is 0.928. The van der Waals surface area contributed by atoms with Crippen molar-refractivity contribution in [2.75, 3.05) is 0 Å². The standard InChI is InChI=1S/C7H13N3/c1-2-3-6(8)7-9-4-5-10-7/h4-6H,2-3,8H2,1H3,(H,9,10)/t6-/m1/s1. The molecule has 0 fully saturated rings. The topological polar surface area (TPSA) is 54.7 Å². The summed E-state index contributed by atoms with van der Waals surface area (Å²) in [6.07, 6.45) is 5.62. The molecule has 0 saturated heterocycles. The highest BCUT2D eigenvalue weighted by atomic mass is 14.9. The van der Waals surface area contributed by atoms with Gasteiger partial charge in [0.05, 0.1) is 6.04 Å². The highest BCUT2D eigenvalue weighted by Crippen LogP contribution is 2.09. The summed E-state index contributed by atoms with van der Waals surface area (Å²) in [4.78, 5) is 7.04. The number of aromatic amines is 1. The summed E-state index contributed by atoms with van der Waals surface area (Å²) >= 11 is 0. The van der Waals surface area contributed by atoms with Gasteiger partial charge in [0.25, 0.3) is 0 Å². The maximum atomic E-state index is 5.76. The van der Waals surface area contributed by atoms with Crippen LogP contribution in [0.15, 0.2) is 12.4 Å². The molecule has 1 aromatic heterocycles. The van der Waals surface area contributed by atoms with Gasteiger partial charge in [0.15, 0.2) is 0 Å². The number of aromatic nitrogens is 2. The number of nitrogens with zero attached hydrogens (tertiary/aromatic N) is 1. The van der Waals surface area contributed by atoms with E-state index >= 15 is 0 Å². The molecular weight excluding hydrogens is 126 g/mol. The van der Waals surface area contributed by atoms with Crippen molar-refractivity contribution in [2.45, 2.75) is 25.8 Å². The van der Waals surface area contributed by atoms with E-state index in [2.05, 4.69) is 16.9 Å². The third-order valence-corrected chi connectivity index (χ3v) is 1.47. The van der Waals surface area contributed by atoms with Gasteiger partial charge in [-0.3, -0.25) is 0 Å². The van der Waals surface area contributed by atoms with Crippen LogP contribution in [-0.2, 0) is 0 Å². The van der Waals surface area contributed by atoms with E-state index in [1.165, 1.54) is 0 Å². The van der Waals surface area contributed by atoms with Crippen LogP contribution in [0.3, 0.4) is 0 Å². The predicted octanol–water partition coefficient (Wildman–Crippen LogP) is 1.21. The van der Waals surface area contributed by atoms with Gasteiger partial charge in [-0.2, -0.15) is 0 Å². The minimum atomic E-state index is 0.0833. The maximum Gasteiger partial charge on any atom is 0.123 e. The molecule has 0 radical (unpaired) electrons. The van der Waals surface area contributed by atoms with Crippen molar-refractivity contribution in [3.05, 3.63) is 18.2 Å². The number of rotatable bonds is 3. The largest absolute Gasteiger partial charge is 0.347 e. The van der Waals surface area contributed by atoms with Crippen molar-refractivity contribution in [1.29, 1.82) is 0 Å². The lowest BCUT2D eigenvalue weighted by atomic mass is 10.2. The van der Waals surface area contributed by atoms with Crippen molar-refractivity contribution < 1.29 is 0 Å². The fraction of sp³-hybridized carbons (Fsp3) is 0.571. The lowest BCUT2D eigenvalue weighted by Gasteiger charge is -2.04. The zero-order valence-corrected chi connectivity index (χ0v) is 6.17. The molecule has 0 bridgehead atoms. The van der Waals surface area contributed by atoms with E-state index in [-0.39, 0.29) is 6.04 Å². The molecule has 0 aliphatic heterocycles. The van der Waals surface area contributed by atoms with E-state index in [0.29, 0.717) is 0 Å². The van der Waals surface area contributed by atoms with Crippen LogP contribution >= 0.6 is 0 Å². The minimum Gasteiger partial charge on any atom is -0.347 e. The molecule has 0 unspecified atom stereocenters. The molecule has 1 atom stereocenters. The Morgan fingerprint density at radius 1 is 1.80 bits per heavy atom. The maximum absolute atomic E-state index is 5.76. The summed E-state index contributed by atoms with van der Waals surface area (Å²) in [5, 5.41) is 0. The molecule has 1 rings (SSSR count). The average Bonchev–Trinajstić information content (AvgIpc) is 2.38. The van der Waals surface area contributed by atoms with E-state index in [1.54, 1.807) is 12.4 Å². The van der Waals surface area contributed by atoms with Crippen LogP contribution in [0.4, 0.5) is 0 Å². The monoisotopic (exact) mass is 139 g/mol. The molecule has 0 aromatic carbocycles. The third kappa shape index (κ3) is 1.57. The number of nitrogens with one attached hydrogen (secondary N) is 1. The van der Waals surface area contributed by atoms with Crippen LogP contribution in [0.5, 0.6) is 0 Å². The lowest BCUT2D eigenvalue weighted by molar-refractivity contribution is 0.608. The minimum absolute atomic E-state index is 0.0833. The summed E-state index contributed by atoms with van der Waals surface area (Å²) in [5.41, 5.74) is 5.76. The van der Waals surface area contributed by atoms with Crippen LogP contribution in [0, 0.1) is 0 Å². The summed E-state index contributed by atoms with van der Waals surface area (Å²) in [7, 11) is 0. The van der Waals surface area contributed by atoms with Crippen LogP contribution in [0.25, 0.3) is 0 Å². The second-order valence-corrected chi connectivity index (χ2v) is 2.37. The molecule has 0 saturated carbocycles. The van der Waals surface area contributed by atoms with Crippen LogP contribution in [0.1, 0.15) is 31.6 Å². The van der Waals surface area contributed by atoms with E-state index in [0.717, 1.165) is 18.7 Å². The molecule has 0 aliphatic rings. The fourth-order valence-corrected chi connectivity index (χ4v) is 0.928. The van der Waals surface area contributed by atoms with Gasteiger partial charge in [-0.15, -0.1) is 0 Å². The number of hydrogen-bond donors (Lipinski definition) is 2. The zero-order valence-electron chi connectivity index (χ0n) is 6.17. The molecule has 0 spiro atoms. The van der Waals surface area contributed by atoms with Crippen LogP contribution < -0.4 is 5.73 Å². The number of hydrogen-bond acceptors (Lipinski definition) is 2. The third-order valence-electron chi connectivity index (χ3n) is 1.47. The zero-order chi connectivity index (χ0) is 7.40. The predicted molar refractivity (Wildman–Crippen MR) is 40.4 cm³/mol. The first-order valence-electron chi connectivity index (χ1n) is 3.59. The highest BCUT2D eigenvalue weighted by Gasteiger charge is 2.04. The number of imidazole rings is 1. The Balaban J connectivity index is 2.50. The Bertz CT molecular complexity index is 169. The number of H-pyrrole nitrogens is 1. The van der Waals surface area contributed by atoms with Crippen molar-refractivity contribution in [3.63, 3.8) is 0 Å². The molecule has 1 aromatic rings. The van der Waals surface area contributed by atoms with Crippen molar-refractivity contribution >= 4 is 0 Å². The smallest absolute Gasteiger partial charge is 0.123 e. The number of nitrogens with two attached hydrogens (primary N) is 1. The van der Waals surface area contributed by atoms with E-state index in [1.807, 2.05) is 0 Å². The quantitative estimate of drug-likeness (QED) is 0.661. The summed E-state index contributed by atoms with van der Waals surface area (Å²) in [6.45, 7) is 2.11. The first kappa shape index (κ1) is 7.28. The lowest BCUT2D eigenvalue weighted by Crippen LogP contribution is -2.11. The Hall–Kier alpha value is -0.830. The first-order chi connectivity index (χ1) is 4.84. The van der Waals surface area contributed by atoms with Gasteiger partial charge in [0, 0.05) is 12.4 Å². The van der Waals surface area contributed by atoms with Gasteiger partial charge in [-0.25, -0.2) is 4.98 Å². The first-order valence-corrected chi connectivity index (χ1v) is 3.59. The Labute approximate surface area is 60.7 Å². The van der Waals surface area contributed by atoms with Gasteiger partial charge < -0.3 is 10.7 Å². The normalized spacial score (nSPS) is 13.4. The van der Waals surface area contributed by atoms with Crippen molar-refractivity contribution in [3.8, 4) is 0 Å². The van der Waals surface area contributed by atoms with Crippen molar-refractivity contribution in [2.24, 2.45) is 5.73 Å². The van der Waals surface area contributed by atoms with Crippen LogP contribution in [-0.4, -0.2) is 9.97 Å². The summed E-state index contributed by atoms with van der Waals surface area (Å²) in [5.74, 6) is 0.891. The van der Waals surface area contributed by atoms with Crippen LogP contribution in [0.2, 0.25) is 0 Å². The Morgan fingerprint density at radius 2 is 2.60 bits per heavy atom. The van der Waals surface area contributed by atoms with Crippen molar-refractivity contribution in [1.82, 2.24) is 9.97 Å². The second kappa shape index (κ2) is 3.37. The summed E-state index contributed by atoms with van der Waals surface area (Å²) in [6, 6.07) is 0.0833. The van der Waals surface area contributed by atoms with Gasteiger partial charge in [0.2, 0.25) is 0 Å². The Kier molecular flexibility index (Phi) is 2.45. The molecule has 3 heteroatoms. The molecule has 3 N–H and O–H groups in total. The van der Waals surface area contributed by atoms with E-state index in [9.17, 15) is 0 Å². The average molecular weight is 139 g/mol.